The van der Waals surface area contributed by atoms with Crippen LogP contribution in [0.25, 0.3) is 0 Å². The Morgan fingerprint density at radius 2 is 2.50 bits per heavy atom. The number of carbonyl (C=O) groups is 1. The standard InChI is InChI=1S/C10H11NO/c1-3-5-10(12)9-6-4-7-11-8(9)2/h3-4,6-7H,1,5H2,2H3. The van der Waals surface area contributed by atoms with Gasteiger partial charge in [-0.25, -0.2) is 0 Å². The molecule has 1 heterocycles. The third-order valence-corrected chi connectivity index (χ3v) is 1.64. The second kappa shape index (κ2) is 3.81. The first-order valence-electron chi connectivity index (χ1n) is 3.81. The smallest absolute Gasteiger partial charge is 0.168 e. The van der Waals surface area contributed by atoms with Crippen LogP contribution in [0, 0.1) is 6.92 Å². The van der Waals surface area contributed by atoms with Crippen LogP contribution in [0.1, 0.15) is 22.5 Å². The number of nitrogens with zero attached hydrogens (tertiary/aromatic N) is 1. The molecule has 62 valence electrons. The van der Waals surface area contributed by atoms with Gasteiger partial charge >= 0.3 is 0 Å². The lowest BCUT2D eigenvalue weighted by Gasteiger charge is -1.99. The fourth-order valence-corrected chi connectivity index (χ4v) is 1.02. The summed E-state index contributed by atoms with van der Waals surface area (Å²) in [5.41, 5.74) is 1.47. The van der Waals surface area contributed by atoms with Gasteiger partial charge in [0.25, 0.3) is 0 Å². The third kappa shape index (κ3) is 1.78. The molecule has 0 saturated carbocycles. The quantitative estimate of drug-likeness (QED) is 0.502. The highest BCUT2D eigenvalue weighted by Crippen LogP contribution is 2.06. The van der Waals surface area contributed by atoms with E-state index in [2.05, 4.69) is 11.6 Å². The molecular formula is C10H11NO. The van der Waals surface area contributed by atoms with Crippen molar-refractivity contribution in [1.29, 1.82) is 0 Å². The van der Waals surface area contributed by atoms with E-state index in [9.17, 15) is 4.79 Å². The molecule has 0 aliphatic carbocycles. The Bertz CT molecular complexity index is 304. The number of pyridine rings is 1. The van der Waals surface area contributed by atoms with Crippen molar-refractivity contribution in [1.82, 2.24) is 4.98 Å². The minimum absolute atomic E-state index is 0.0793. The second-order valence-electron chi connectivity index (χ2n) is 2.55. The second-order valence-corrected chi connectivity index (χ2v) is 2.55. The lowest BCUT2D eigenvalue weighted by atomic mass is 10.1. The van der Waals surface area contributed by atoms with E-state index in [1.165, 1.54) is 0 Å². The highest BCUT2D eigenvalue weighted by Gasteiger charge is 2.05. The summed E-state index contributed by atoms with van der Waals surface area (Å²) in [7, 11) is 0. The molecule has 0 atom stereocenters. The Balaban J connectivity index is 2.94. The van der Waals surface area contributed by atoms with Crippen LogP contribution in [0.3, 0.4) is 0 Å². The molecule has 2 heteroatoms. The average molecular weight is 161 g/mol. The predicted molar refractivity (Wildman–Crippen MR) is 48.1 cm³/mol. The van der Waals surface area contributed by atoms with Gasteiger partial charge in [-0.3, -0.25) is 9.78 Å². The lowest BCUT2D eigenvalue weighted by molar-refractivity contribution is 0.0995. The van der Waals surface area contributed by atoms with Crippen molar-refractivity contribution in [3.63, 3.8) is 0 Å². The molecule has 0 unspecified atom stereocenters. The van der Waals surface area contributed by atoms with E-state index in [1.54, 1.807) is 24.4 Å². The predicted octanol–water partition coefficient (Wildman–Crippen LogP) is 2.15. The van der Waals surface area contributed by atoms with E-state index < -0.39 is 0 Å². The van der Waals surface area contributed by atoms with E-state index in [-0.39, 0.29) is 5.78 Å². The van der Waals surface area contributed by atoms with Gasteiger partial charge in [0, 0.05) is 23.9 Å². The molecule has 0 bridgehead atoms. The van der Waals surface area contributed by atoms with Crippen molar-refractivity contribution in [3.05, 3.63) is 42.2 Å². The SMILES string of the molecule is C=CCC(=O)c1cccnc1C. The molecule has 0 saturated heterocycles. The monoisotopic (exact) mass is 161 g/mol. The molecular weight excluding hydrogens is 150 g/mol. The maximum atomic E-state index is 11.4. The molecule has 0 amide bonds. The third-order valence-electron chi connectivity index (χ3n) is 1.64. The molecule has 12 heavy (non-hydrogen) atoms. The summed E-state index contributed by atoms with van der Waals surface area (Å²) in [6.07, 6.45) is 3.67. The summed E-state index contributed by atoms with van der Waals surface area (Å²) in [4.78, 5) is 15.4. The van der Waals surface area contributed by atoms with Gasteiger partial charge in [-0.2, -0.15) is 0 Å². The molecule has 0 radical (unpaired) electrons. The number of rotatable bonds is 3. The molecule has 0 aliphatic heterocycles. The van der Waals surface area contributed by atoms with Gasteiger partial charge < -0.3 is 0 Å². The average Bonchev–Trinajstić information content (AvgIpc) is 2.05. The van der Waals surface area contributed by atoms with Crippen molar-refractivity contribution >= 4 is 5.78 Å². The van der Waals surface area contributed by atoms with Gasteiger partial charge in [0.1, 0.15) is 0 Å². The number of ketones is 1. The summed E-state index contributed by atoms with van der Waals surface area (Å²) < 4.78 is 0. The topological polar surface area (TPSA) is 30.0 Å². The van der Waals surface area contributed by atoms with Gasteiger partial charge in [0.05, 0.1) is 0 Å². The minimum Gasteiger partial charge on any atom is -0.294 e. The normalized spacial score (nSPS) is 9.42. The van der Waals surface area contributed by atoms with Crippen LogP contribution in [0.15, 0.2) is 31.0 Å². The highest BCUT2D eigenvalue weighted by molar-refractivity contribution is 5.97. The molecule has 0 N–H and O–H groups in total. The number of aryl methyl sites for hydroxylation is 1. The Morgan fingerprint density at radius 3 is 3.08 bits per heavy atom. The summed E-state index contributed by atoms with van der Waals surface area (Å²) in [5.74, 6) is 0.0793. The molecule has 0 aliphatic rings. The molecule has 0 spiro atoms. The number of aromatic nitrogens is 1. The first kappa shape index (κ1) is 8.65. The van der Waals surface area contributed by atoms with Gasteiger partial charge in [0.2, 0.25) is 0 Å². The number of hydrogen-bond acceptors (Lipinski definition) is 2. The van der Waals surface area contributed by atoms with Crippen LogP contribution in [0.5, 0.6) is 0 Å². The van der Waals surface area contributed by atoms with Gasteiger partial charge in [-0.1, -0.05) is 6.08 Å². The van der Waals surface area contributed by atoms with Crippen molar-refractivity contribution < 1.29 is 4.79 Å². The summed E-state index contributed by atoms with van der Waals surface area (Å²) in [5, 5.41) is 0. The Kier molecular flexibility index (Phi) is 2.75. The van der Waals surface area contributed by atoms with Gasteiger partial charge in [-0.15, -0.1) is 6.58 Å². The maximum absolute atomic E-state index is 11.4. The van der Waals surface area contributed by atoms with E-state index >= 15 is 0 Å². The van der Waals surface area contributed by atoms with E-state index in [0.717, 1.165) is 5.69 Å². The number of carbonyl (C=O) groups excluding carboxylic acids is 1. The zero-order valence-electron chi connectivity index (χ0n) is 7.08. The zero-order chi connectivity index (χ0) is 8.97. The number of allylic oxidation sites excluding steroid dienone is 1. The van der Waals surface area contributed by atoms with Crippen LogP contribution < -0.4 is 0 Å². The summed E-state index contributed by atoms with van der Waals surface area (Å²) >= 11 is 0. The highest BCUT2D eigenvalue weighted by atomic mass is 16.1. The Morgan fingerprint density at radius 1 is 1.75 bits per heavy atom. The van der Waals surface area contributed by atoms with Crippen LogP contribution in [-0.4, -0.2) is 10.8 Å². The largest absolute Gasteiger partial charge is 0.294 e. The fourth-order valence-electron chi connectivity index (χ4n) is 1.02. The lowest BCUT2D eigenvalue weighted by Crippen LogP contribution is -2.00. The van der Waals surface area contributed by atoms with Crippen LogP contribution >= 0.6 is 0 Å². The Labute approximate surface area is 71.9 Å². The minimum atomic E-state index is 0.0793. The molecule has 0 aromatic carbocycles. The molecule has 0 fully saturated rings. The first-order chi connectivity index (χ1) is 5.75. The summed E-state index contributed by atoms with van der Waals surface area (Å²) in [6, 6.07) is 3.55. The van der Waals surface area contributed by atoms with E-state index in [0.29, 0.717) is 12.0 Å². The molecule has 1 rings (SSSR count). The van der Waals surface area contributed by atoms with Crippen molar-refractivity contribution in [2.75, 3.05) is 0 Å². The number of Topliss-reactive ketones (excluding diaryl/α,β-unsaturated/α-hetero) is 1. The van der Waals surface area contributed by atoms with Gasteiger partial charge in [0.15, 0.2) is 5.78 Å². The maximum Gasteiger partial charge on any atom is 0.168 e. The van der Waals surface area contributed by atoms with Gasteiger partial charge in [-0.05, 0) is 19.1 Å². The van der Waals surface area contributed by atoms with E-state index in [1.807, 2.05) is 6.92 Å². The summed E-state index contributed by atoms with van der Waals surface area (Å²) in [6.45, 7) is 5.34. The van der Waals surface area contributed by atoms with E-state index in [4.69, 9.17) is 0 Å². The zero-order valence-corrected chi connectivity index (χ0v) is 7.08. The van der Waals surface area contributed by atoms with Crippen molar-refractivity contribution in [2.24, 2.45) is 0 Å². The van der Waals surface area contributed by atoms with Crippen LogP contribution in [-0.2, 0) is 0 Å². The molecule has 2 nitrogen and oxygen atoms in total. The number of hydrogen-bond donors (Lipinski definition) is 0. The van der Waals surface area contributed by atoms with Crippen LogP contribution in [0.4, 0.5) is 0 Å². The Hall–Kier alpha value is -1.44. The molecule has 1 aromatic rings. The van der Waals surface area contributed by atoms with Crippen LogP contribution in [0.2, 0.25) is 0 Å². The first-order valence-corrected chi connectivity index (χ1v) is 3.81. The van der Waals surface area contributed by atoms with Crippen molar-refractivity contribution in [2.45, 2.75) is 13.3 Å². The van der Waals surface area contributed by atoms with Crippen molar-refractivity contribution in [3.8, 4) is 0 Å². The molecule has 1 aromatic heterocycles. The fraction of sp³-hybridized carbons (Fsp3) is 0.200.